The Balaban J connectivity index is 1.98. The highest BCUT2D eigenvalue weighted by Crippen LogP contribution is 2.28. The van der Waals surface area contributed by atoms with Gasteiger partial charge in [-0.2, -0.15) is 0 Å². The molecule has 19 heavy (non-hydrogen) atoms. The Bertz CT molecular complexity index is 570. The molecular formula is C15H21N3O. The molecule has 0 spiro atoms. The molecule has 0 unspecified atom stereocenters. The molecule has 102 valence electrons. The van der Waals surface area contributed by atoms with Crippen molar-refractivity contribution in [1.82, 2.24) is 9.55 Å². The van der Waals surface area contributed by atoms with Crippen LogP contribution in [0.1, 0.15) is 30.1 Å². The second-order valence-electron chi connectivity index (χ2n) is 5.28. The summed E-state index contributed by atoms with van der Waals surface area (Å²) in [6, 6.07) is 6.49. The predicted molar refractivity (Wildman–Crippen MR) is 76.3 cm³/mol. The Morgan fingerprint density at radius 3 is 2.89 bits per heavy atom. The van der Waals surface area contributed by atoms with Gasteiger partial charge >= 0.3 is 0 Å². The molecule has 2 heterocycles. The van der Waals surface area contributed by atoms with Gasteiger partial charge in [-0.1, -0.05) is 6.07 Å². The van der Waals surface area contributed by atoms with E-state index in [0.717, 1.165) is 38.0 Å². The smallest absolute Gasteiger partial charge is 0.112 e. The summed E-state index contributed by atoms with van der Waals surface area (Å²) in [4.78, 5) is 4.85. The average Bonchev–Trinajstić information content (AvgIpc) is 2.77. The van der Waals surface area contributed by atoms with E-state index in [9.17, 15) is 0 Å². The molecule has 2 N–H and O–H groups in total. The highest BCUT2D eigenvalue weighted by atomic mass is 16.5. The van der Waals surface area contributed by atoms with Crippen LogP contribution in [-0.4, -0.2) is 29.3 Å². The van der Waals surface area contributed by atoms with Crippen molar-refractivity contribution in [1.29, 1.82) is 0 Å². The monoisotopic (exact) mass is 259 g/mol. The van der Waals surface area contributed by atoms with E-state index in [-0.39, 0.29) is 0 Å². The maximum absolute atomic E-state index is 5.62. The van der Waals surface area contributed by atoms with E-state index >= 15 is 0 Å². The number of benzene rings is 1. The van der Waals surface area contributed by atoms with Gasteiger partial charge in [0.2, 0.25) is 0 Å². The summed E-state index contributed by atoms with van der Waals surface area (Å²) in [7, 11) is 2.11. The molecule has 1 saturated heterocycles. The highest BCUT2D eigenvalue weighted by molar-refractivity contribution is 5.77. The molecule has 1 aromatic carbocycles. The SMILES string of the molecule is Cn1c(C2CCOCC2)nc2cc(CCN)ccc21. The fourth-order valence-electron chi connectivity index (χ4n) is 2.91. The number of nitrogens with two attached hydrogens (primary N) is 1. The van der Waals surface area contributed by atoms with Crippen LogP contribution in [0.3, 0.4) is 0 Å². The van der Waals surface area contributed by atoms with Gasteiger partial charge in [-0.05, 0) is 43.5 Å². The minimum absolute atomic E-state index is 0.532. The Kier molecular flexibility index (Phi) is 3.53. The van der Waals surface area contributed by atoms with Crippen LogP contribution in [0.25, 0.3) is 11.0 Å². The topological polar surface area (TPSA) is 53.1 Å². The van der Waals surface area contributed by atoms with Gasteiger partial charge in [-0.25, -0.2) is 4.98 Å². The van der Waals surface area contributed by atoms with E-state index in [1.54, 1.807) is 0 Å². The predicted octanol–water partition coefficient (Wildman–Crippen LogP) is 1.97. The quantitative estimate of drug-likeness (QED) is 0.917. The first-order valence-electron chi connectivity index (χ1n) is 7.02. The number of rotatable bonds is 3. The van der Waals surface area contributed by atoms with E-state index < -0.39 is 0 Å². The maximum Gasteiger partial charge on any atom is 0.112 e. The van der Waals surface area contributed by atoms with Crippen molar-refractivity contribution in [3.05, 3.63) is 29.6 Å². The van der Waals surface area contributed by atoms with Crippen molar-refractivity contribution >= 4 is 11.0 Å². The van der Waals surface area contributed by atoms with Gasteiger partial charge in [-0.3, -0.25) is 0 Å². The molecular weight excluding hydrogens is 238 g/mol. The first-order chi connectivity index (χ1) is 9.29. The molecule has 1 fully saturated rings. The normalized spacial score (nSPS) is 17.2. The van der Waals surface area contributed by atoms with Crippen molar-refractivity contribution in [3.8, 4) is 0 Å². The van der Waals surface area contributed by atoms with E-state index in [1.165, 1.54) is 16.9 Å². The zero-order valence-corrected chi connectivity index (χ0v) is 11.4. The molecule has 0 aliphatic carbocycles. The molecule has 0 amide bonds. The molecule has 4 nitrogen and oxygen atoms in total. The van der Waals surface area contributed by atoms with Crippen LogP contribution in [0, 0.1) is 0 Å². The number of aromatic nitrogens is 2. The number of nitrogens with zero attached hydrogens (tertiary/aromatic N) is 2. The molecule has 1 aliphatic heterocycles. The summed E-state index contributed by atoms with van der Waals surface area (Å²) in [6.07, 6.45) is 3.07. The Morgan fingerprint density at radius 1 is 1.37 bits per heavy atom. The molecule has 0 saturated carbocycles. The Hall–Kier alpha value is -1.39. The summed E-state index contributed by atoms with van der Waals surface area (Å²) in [5.41, 5.74) is 9.19. The summed E-state index contributed by atoms with van der Waals surface area (Å²) in [5.74, 6) is 1.73. The van der Waals surface area contributed by atoms with Gasteiger partial charge in [0.25, 0.3) is 0 Å². The summed E-state index contributed by atoms with van der Waals surface area (Å²) in [5, 5.41) is 0. The summed E-state index contributed by atoms with van der Waals surface area (Å²) in [6.45, 7) is 2.39. The number of fused-ring (bicyclic) bond motifs is 1. The van der Waals surface area contributed by atoms with Crippen LogP contribution in [-0.2, 0) is 18.2 Å². The molecule has 4 heteroatoms. The van der Waals surface area contributed by atoms with Gasteiger partial charge in [-0.15, -0.1) is 0 Å². The van der Waals surface area contributed by atoms with Crippen molar-refractivity contribution in [3.63, 3.8) is 0 Å². The first kappa shape index (κ1) is 12.6. The van der Waals surface area contributed by atoms with Gasteiger partial charge in [0.1, 0.15) is 5.82 Å². The average molecular weight is 259 g/mol. The van der Waals surface area contributed by atoms with E-state index in [1.807, 2.05) is 0 Å². The van der Waals surface area contributed by atoms with Gasteiger partial charge < -0.3 is 15.0 Å². The number of imidazole rings is 1. The Labute approximate surface area is 113 Å². The number of hydrogen-bond donors (Lipinski definition) is 1. The fraction of sp³-hybridized carbons (Fsp3) is 0.533. The molecule has 0 radical (unpaired) electrons. The van der Waals surface area contributed by atoms with Crippen molar-refractivity contribution in [2.45, 2.75) is 25.2 Å². The zero-order chi connectivity index (χ0) is 13.2. The number of hydrogen-bond acceptors (Lipinski definition) is 3. The van der Waals surface area contributed by atoms with Gasteiger partial charge in [0, 0.05) is 26.2 Å². The molecule has 3 rings (SSSR count). The number of ether oxygens (including phenoxy) is 1. The fourth-order valence-corrected chi connectivity index (χ4v) is 2.91. The zero-order valence-electron chi connectivity index (χ0n) is 11.4. The maximum atomic E-state index is 5.62. The number of aryl methyl sites for hydroxylation is 1. The third kappa shape index (κ3) is 2.38. The minimum Gasteiger partial charge on any atom is -0.381 e. The van der Waals surface area contributed by atoms with Crippen LogP contribution >= 0.6 is 0 Å². The Morgan fingerprint density at radius 2 is 2.16 bits per heavy atom. The van der Waals surface area contributed by atoms with Crippen LogP contribution < -0.4 is 5.73 Å². The largest absolute Gasteiger partial charge is 0.381 e. The third-order valence-electron chi connectivity index (χ3n) is 4.00. The highest BCUT2D eigenvalue weighted by Gasteiger charge is 2.21. The van der Waals surface area contributed by atoms with Crippen LogP contribution in [0.5, 0.6) is 0 Å². The summed E-state index contributed by atoms with van der Waals surface area (Å²) < 4.78 is 7.67. The summed E-state index contributed by atoms with van der Waals surface area (Å²) >= 11 is 0. The lowest BCUT2D eigenvalue weighted by molar-refractivity contribution is 0.0831. The van der Waals surface area contributed by atoms with Crippen molar-refractivity contribution < 1.29 is 4.74 Å². The van der Waals surface area contributed by atoms with Crippen LogP contribution in [0.15, 0.2) is 18.2 Å². The van der Waals surface area contributed by atoms with Crippen LogP contribution in [0.2, 0.25) is 0 Å². The molecule has 1 aliphatic rings. The lowest BCUT2D eigenvalue weighted by Crippen LogP contribution is -2.17. The van der Waals surface area contributed by atoms with Crippen molar-refractivity contribution in [2.24, 2.45) is 12.8 Å². The lowest BCUT2D eigenvalue weighted by atomic mass is 9.99. The first-order valence-corrected chi connectivity index (χ1v) is 7.02. The van der Waals surface area contributed by atoms with Crippen molar-refractivity contribution in [2.75, 3.05) is 19.8 Å². The lowest BCUT2D eigenvalue weighted by Gasteiger charge is -2.21. The molecule has 0 atom stereocenters. The van der Waals surface area contributed by atoms with E-state index in [4.69, 9.17) is 15.5 Å². The second-order valence-corrected chi connectivity index (χ2v) is 5.28. The molecule has 0 bridgehead atoms. The van der Waals surface area contributed by atoms with Crippen LogP contribution in [0.4, 0.5) is 0 Å². The van der Waals surface area contributed by atoms with Gasteiger partial charge in [0.15, 0.2) is 0 Å². The second kappa shape index (κ2) is 5.31. The standard InChI is InChI=1S/C15H21N3O/c1-18-14-3-2-11(4-7-16)10-13(14)17-15(18)12-5-8-19-9-6-12/h2-3,10,12H,4-9,16H2,1H3. The minimum atomic E-state index is 0.532. The van der Waals surface area contributed by atoms with Gasteiger partial charge in [0.05, 0.1) is 11.0 Å². The van der Waals surface area contributed by atoms with E-state index in [2.05, 4.69) is 29.8 Å². The molecule has 1 aromatic heterocycles. The van der Waals surface area contributed by atoms with E-state index in [0.29, 0.717) is 12.5 Å². The molecule has 2 aromatic rings. The third-order valence-corrected chi connectivity index (χ3v) is 4.00.